The van der Waals surface area contributed by atoms with Gasteiger partial charge in [-0.3, -0.25) is 47.7 Å². The second-order valence-electron chi connectivity index (χ2n) is 22.2. The van der Waals surface area contributed by atoms with E-state index in [1.54, 1.807) is 62.9 Å². The van der Waals surface area contributed by atoms with Crippen LogP contribution in [0.4, 0.5) is 4.39 Å². The Balaban J connectivity index is 0.705. The van der Waals surface area contributed by atoms with E-state index in [0.717, 1.165) is 37.8 Å². The minimum atomic E-state index is -1.21. The molecule has 3 aromatic carbocycles. The zero-order valence-electron chi connectivity index (χ0n) is 47.0. The molecule has 4 aliphatic rings. The fourth-order valence-electron chi connectivity index (χ4n) is 12.3. The van der Waals surface area contributed by atoms with Crippen LogP contribution >= 0.6 is 22.9 Å². The van der Waals surface area contributed by atoms with E-state index in [1.807, 2.05) is 52.8 Å². The third-order valence-electron chi connectivity index (χ3n) is 16.9. The molecule has 0 spiro atoms. The molecule has 24 heteroatoms. The molecule has 0 saturated carbocycles. The van der Waals surface area contributed by atoms with Crippen molar-refractivity contribution in [3.63, 3.8) is 0 Å². The molecule has 434 valence electrons. The number of aliphatic imine (C=N–C) groups is 1. The van der Waals surface area contributed by atoms with Crippen molar-refractivity contribution < 1.29 is 38.3 Å². The first kappa shape index (κ1) is 56.9. The molecule has 1 unspecified atom stereocenters. The van der Waals surface area contributed by atoms with E-state index in [-0.39, 0.29) is 42.5 Å². The summed E-state index contributed by atoms with van der Waals surface area (Å²) in [5, 5.41) is 34.9. The number of likely N-dealkylation sites (N-methyl/N-ethyl adjacent to an activating group) is 1. The summed E-state index contributed by atoms with van der Waals surface area (Å²) in [5.74, 6) is -1.97. The maximum atomic E-state index is 16.1. The van der Waals surface area contributed by atoms with Gasteiger partial charge in [-0.2, -0.15) is 10.2 Å². The molecule has 3 saturated heterocycles. The van der Waals surface area contributed by atoms with Crippen molar-refractivity contribution in [1.82, 2.24) is 64.6 Å². The number of aliphatic carboxylic acids is 1. The lowest BCUT2D eigenvalue weighted by Crippen LogP contribution is -2.49. The predicted octanol–water partition coefficient (Wildman–Crippen LogP) is 6.12. The fraction of sp³-hybridized carbons (Fsp3) is 0.441. The number of piperidine rings is 2. The molecule has 0 radical (unpaired) electrons. The van der Waals surface area contributed by atoms with E-state index in [0.29, 0.717) is 134 Å². The highest BCUT2D eigenvalue weighted by Gasteiger charge is 2.40. The number of rotatable bonds is 16. The van der Waals surface area contributed by atoms with Crippen LogP contribution in [0.25, 0.3) is 37.9 Å². The number of carbonyl (C=O) groups excluding carboxylic acids is 5. The zero-order valence-corrected chi connectivity index (χ0v) is 48.6. The van der Waals surface area contributed by atoms with Crippen LogP contribution in [-0.4, -0.2) is 172 Å². The summed E-state index contributed by atoms with van der Waals surface area (Å²) >= 11 is 7.97. The average Bonchev–Trinajstić information content (AvgIpc) is 2.84. The molecule has 4 aromatic heterocycles. The van der Waals surface area contributed by atoms with Gasteiger partial charge in [-0.15, -0.1) is 21.5 Å². The Morgan fingerprint density at radius 1 is 0.867 bits per heavy atom. The van der Waals surface area contributed by atoms with Gasteiger partial charge in [0, 0.05) is 96.0 Å². The second kappa shape index (κ2) is 23.8. The smallest absolute Gasteiger partial charge is 0.322 e. The number of nitrogens with one attached hydrogen (secondary N) is 2. The van der Waals surface area contributed by atoms with Crippen LogP contribution in [0.1, 0.15) is 95.8 Å². The topological polar surface area (TPSA) is 238 Å². The monoisotopic (exact) mass is 1170 g/mol. The first-order chi connectivity index (χ1) is 39.9. The highest BCUT2D eigenvalue weighted by molar-refractivity contribution is 7.15. The highest BCUT2D eigenvalue weighted by Crippen LogP contribution is 2.42. The van der Waals surface area contributed by atoms with Gasteiger partial charge in [0.1, 0.15) is 41.8 Å². The number of nitrogens with zero attached hydrogens (tertiary/aromatic N) is 12. The average molecular weight is 1170 g/mol. The molecular formula is C59H66ClFN14O7S. The van der Waals surface area contributed by atoms with Crippen LogP contribution < -0.4 is 10.6 Å². The molecule has 11 rings (SSSR count). The molecule has 7 aromatic rings. The van der Waals surface area contributed by atoms with Crippen molar-refractivity contribution >= 4 is 86.0 Å². The largest absolute Gasteiger partial charge is 0.480 e. The number of hydrogen-bond acceptors (Lipinski definition) is 13. The van der Waals surface area contributed by atoms with Gasteiger partial charge in [-0.1, -0.05) is 35.9 Å². The Morgan fingerprint density at radius 3 is 2.36 bits per heavy atom. The number of aromatic nitrogens is 7. The first-order valence-electron chi connectivity index (χ1n) is 28.2. The summed E-state index contributed by atoms with van der Waals surface area (Å²) < 4.78 is 21.3. The number of likely N-dealkylation sites (tertiary alicyclic amines) is 3. The Labute approximate surface area is 487 Å². The third kappa shape index (κ3) is 11.5. The molecule has 4 aliphatic heterocycles. The lowest BCUT2D eigenvalue weighted by Gasteiger charge is -2.37. The molecule has 0 bridgehead atoms. The standard InChI is InChI=1S/C59H66ClFN14O7S/c1-33-34(2)83-59-52(33)54(36-11-13-40(60)14-12-36)65-44(56-67-66-35(3)75(56)59)28-50(78)73-19-7-10-46(73)58(82)69(4)24-25-71-20-15-38(16-21-71)57(81)72-22-17-37(18-23-72)55-53-41(42-27-47-39(26-43(42)61)29-64-70(47)5)8-6-9-45(53)74(68-55)32-49(77)62-30-48(76)63-31-51(79)80/h6,8-9,11-14,26-27,29,37-38,44,46H,7,10,15-25,28,30-32H2,1-5H3,(H,62,77)(H,63,76)(H,79,80)/t44-,46?/m0/s1. The van der Waals surface area contributed by atoms with Gasteiger partial charge in [-0.05, 0) is 114 Å². The summed E-state index contributed by atoms with van der Waals surface area (Å²) in [6.07, 6.45) is 5.45. The number of benzene rings is 3. The van der Waals surface area contributed by atoms with E-state index in [1.165, 1.54) is 6.07 Å². The Kier molecular flexibility index (Phi) is 16.3. The van der Waals surface area contributed by atoms with E-state index >= 15 is 4.39 Å². The number of amides is 5. The fourth-order valence-corrected chi connectivity index (χ4v) is 13.6. The number of carbonyl (C=O) groups is 6. The van der Waals surface area contributed by atoms with Crippen molar-refractivity contribution in [2.75, 3.05) is 66.0 Å². The minimum Gasteiger partial charge on any atom is -0.480 e. The van der Waals surface area contributed by atoms with Crippen LogP contribution in [0, 0.1) is 32.5 Å². The molecule has 0 aliphatic carbocycles. The molecule has 83 heavy (non-hydrogen) atoms. The van der Waals surface area contributed by atoms with Crippen LogP contribution in [0.5, 0.6) is 0 Å². The molecular weight excluding hydrogens is 1100 g/mol. The Morgan fingerprint density at radius 2 is 1.61 bits per heavy atom. The van der Waals surface area contributed by atoms with Crippen LogP contribution in [-0.2, 0) is 42.4 Å². The molecule has 5 amide bonds. The van der Waals surface area contributed by atoms with Crippen molar-refractivity contribution in [3.8, 4) is 16.1 Å². The molecule has 3 fully saturated rings. The number of hydrogen-bond donors (Lipinski definition) is 3. The van der Waals surface area contributed by atoms with E-state index in [9.17, 15) is 28.8 Å². The number of aryl methyl sites for hydroxylation is 3. The molecule has 3 N–H and O–H groups in total. The maximum Gasteiger partial charge on any atom is 0.322 e. The van der Waals surface area contributed by atoms with E-state index in [4.69, 9.17) is 26.8 Å². The van der Waals surface area contributed by atoms with Gasteiger partial charge in [0.2, 0.25) is 29.5 Å². The third-order valence-corrected chi connectivity index (χ3v) is 18.4. The molecule has 2 atom stereocenters. The summed E-state index contributed by atoms with van der Waals surface area (Å²) in [6, 6.07) is 15.0. The van der Waals surface area contributed by atoms with Crippen molar-refractivity contribution in [2.24, 2.45) is 18.0 Å². The van der Waals surface area contributed by atoms with Gasteiger partial charge in [0.25, 0.3) is 0 Å². The normalized spacial score (nSPS) is 17.8. The van der Waals surface area contributed by atoms with Gasteiger partial charge >= 0.3 is 5.97 Å². The number of halogens is 2. The van der Waals surface area contributed by atoms with E-state index < -0.39 is 48.8 Å². The number of thiophene rings is 1. The Bertz CT molecular complexity index is 3720. The summed E-state index contributed by atoms with van der Waals surface area (Å²) in [4.78, 5) is 93.4. The first-order valence-corrected chi connectivity index (χ1v) is 29.4. The van der Waals surface area contributed by atoms with Crippen molar-refractivity contribution in [2.45, 2.75) is 90.3 Å². The van der Waals surface area contributed by atoms with Crippen LogP contribution in [0.15, 0.2) is 65.8 Å². The minimum absolute atomic E-state index is 0.0191. The zero-order chi connectivity index (χ0) is 58.4. The Hall–Kier alpha value is -7.89. The van der Waals surface area contributed by atoms with Crippen molar-refractivity contribution in [3.05, 3.63) is 111 Å². The van der Waals surface area contributed by atoms with Crippen LogP contribution in [0.3, 0.4) is 0 Å². The highest BCUT2D eigenvalue weighted by atomic mass is 35.5. The van der Waals surface area contributed by atoms with Gasteiger partial charge in [0.15, 0.2) is 5.82 Å². The van der Waals surface area contributed by atoms with Crippen LogP contribution in [0.2, 0.25) is 5.02 Å². The second-order valence-corrected chi connectivity index (χ2v) is 23.8. The number of fused-ring (bicyclic) bond motifs is 5. The lowest BCUT2D eigenvalue weighted by atomic mass is 9.87. The summed E-state index contributed by atoms with van der Waals surface area (Å²) in [6.45, 7) is 8.77. The van der Waals surface area contributed by atoms with Gasteiger partial charge < -0.3 is 35.3 Å². The predicted molar refractivity (Wildman–Crippen MR) is 311 cm³/mol. The molecule has 8 heterocycles. The van der Waals surface area contributed by atoms with Crippen molar-refractivity contribution in [1.29, 1.82) is 0 Å². The lowest BCUT2D eigenvalue weighted by molar-refractivity contribution is -0.143. The quantitative estimate of drug-likeness (QED) is 0.0993. The van der Waals surface area contributed by atoms with Gasteiger partial charge in [0.05, 0.1) is 41.6 Å². The van der Waals surface area contributed by atoms with Gasteiger partial charge in [-0.25, -0.2) is 4.39 Å². The summed E-state index contributed by atoms with van der Waals surface area (Å²) in [7, 11) is 3.59. The molecule has 21 nitrogen and oxygen atoms in total. The number of carboxylic acid groups (broad SMARTS) is 1. The SMILES string of the molecule is Cc1sc2c(c1C)C(c1ccc(Cl)cc1)=N[C@@H](CC(=O)N1CCCC1C(=O)N(C)CCN1CCC(C(=O)N3CCC(c4nn(CC(=O)NCC(=O)NCC(=O)O)c5cccc(-c6cc7c(cnn7C)cc6F)c45)CC3)CC1)c1nnc(C)n1-2. The number of carboxylic acids is 1. The van der Waals surface area contributed by atoms with E-state index in [2.05, 4.69) is 44.7 Å². The summed E-state index contributed by atoms with van der Waals surface area (Å²) in [5.41, 5.74) is 6.69. The maximum absolute atomic E-state index is 16.1.